The van der Waals surface area contributed by atoms with Crippen molar-refractivity contribution in [1.82, 2.24) is 0 Å². The Hall–Kier alpha value is -0.800. The third-order valence-corrected chi connectivity index (χ3v) is 3.14. The Morgan fingerprint density at radius 1 is 1.38 bits per heavy atom. The van der Waals surface area contributed by atoms with Crippen molar-refractivity contribution in [1.29, 1.82) is 0 Å². The predicted octanol–water partition coefficient (Wildman–Crippen LogP) is 3.32. The minimum absolute atomic E-state index is 0.164. The number of hydrogen-bond acceptors (Lipinski definition) is 2. The molecule has 16 heavy (non-hydrogen) atoms. The molecule has 1 fully saturated rings. The van der Waals surface area contributed by atoms with E-state index in [0.29, 0.717) is 5.92 Å². The topological polar surface area (TPSA) is 21.3 Å². The zero-order chi connectivity index (χ0) is 11.4. The highest BCUT2D eigenvalue weighted by Crippen LogP contribution is 2.21. The van der Waals surface area contributed by atoms with Crippen molar-refractivity contribution < 1.29 is 9.13 Å². The van der Waals surface area contributed by atoms with E-state index >= 15 is 0 Å². The molecule has 0 saturated carbocycles. The molecule has 1 aromatic rings. The van der Waals surface area contributed by atoms with E-state index in [1.54, 1.807) is 12.1 Å². The van der Waals surface area contributed by atoms with E-state index < -0.39 is 0 Å². The summed E-state index contributed by atoms with van der Waals surface area (Å²) in [5.41, 5.74) is 0.873. The first-order valence-electron chi connectivity index (χ1n) is 5.52. The van der Waals surface area contributed by atoms with E-state index in [4.69, 9.17) is 16.3 Å². The van der Waals surface area contributed by atoms with Crippen LogP contribution in [0.2, 0.25) is 5.02 Å². The molecule has 88 valence electrons. The maximum Gasteiger partial charge on any atom is 0.141 e. The summed E-state index contributed by atoms with van der Waals surface area (Å²) in [4.78, 5) is 0. The van der Waals surface area contributed by atoms with Crippen molar-refractivity contribution >= 4 is 17.3 Å². The Labute approximate surface area is 99.7 Å². The SMILES string of the molecule is Fc1ccc(NCC2CCOCC2)cc1Cl. The lowest BCUT2D eigenvalue weighted by Gasteiger charge is -2.22. The Bertz CT molecular complexity index is 353. The first kappa shape index (κ1) is 11.7. The summed E-state index contributed by atoms with van der Waals surface area (Å²) in [5.74, 6) is 0.260. The highest BCUT2D eigenvalue weighted by atomic mass is 35.5. The van der Waals surface area contributed by atoms with Crippen LogP contribution < -0.4 is 5.32 Å². The zero-order valence-corrected chi connectivity index (χ0v) is 9.77. The summed E-state index contributed by atoms with van der Waals surface area (Å²) in [6.07, 6.45) is 2.17. The van der Waals surface area contributed by atoms with Gasteiger partial charge in [0, 0.05) is 25.4 Å². The van der Waals surface area contributed by atoms with Crippen LogP contribution in [-0.4, -0.2) is 19.8 Å². The molecule has 1 aliphatic rings. The van der Waals surface area contributed by atoms with Crippen molar-refractivity contribution in [2.75, 3.05) is 25.1 Å². The van der Waals surface area contributed by atoms with Gasteiger partial charge in [-0.05, 0) is 37.0 Å². The number of halogens is 2. The van der Waals surface area contributed by atoms with Crippen LogP contribution in [-0.2, 0) is 4.74 Å². The van der Waals surface area contributed by atoms with Crippen LogP contribution >= 0.6 is 11.6 Å². The van der Waals surface area contributed by atoms with Gasteiger partial charge in [0.25, 0.3) is 0 Å². The maximum absolute atomic E-state index is 12.9. The van der Waals surface area contributed by atoms with Crippen LogP contribution in [0.1, 0.15) is 12.8 Å². The highest BCUT2D eigenvalue weighted by Gasteiger charge is 2.13. The molecule has 2 nitrogen and oxygen atoms in total. The summed E-state index contributed by atoms with van der Waals surface area (Å²) < 4.78 is 18.2. The van der Waals surface area contributed by atoms with Crippen molar-refractivity contribution in [2.24, 2.45) is 5.92 Å². The second kappa shape index (κ2) is 5.51. The van der Waals surface area contributed by atoms with Crippen LogP contribution in [0, 0.1) is 11.7 Å². The fourth-order valence-corrected chi connectivity index (χ4v) is 2.00. The van der Waals surface area contributed by atoms with Crippen LogP contribution in [0.15, 0.2) is 18.2 Å². The number of hydrogen-bond donors (Lipinski definition) is 1. The summed E-state index contributed by atoms with van der Waals surface area (Å²) in [5, 5.41) is 3.44. The number of nitrogens with one attached hydrogen (secondary N) is 1. The van der Waals surface area contributed by atoms with Crippen molar-refractivity contribution in [2.45, 2.75) is 12.8 Å². The van der Waals surface area contributed by atoms with Gasteiger partial charge in [0.2, 0.25) is 0 Å². The van der Waals surface area contributed by atoms with Crippen molar-refractivity contribution in [3.63, 3.8) is 0 Å². The third-order valence-electron chi connectivity index (χ3n) is 2.86. The van der Waals surface area contributed by atoms with Gasteiger partial charge in [-0.25, -0.2) is 4.39 Å². The van der Waals surface area contributed by atoms with Gasteiger partial charge in [-0.3, -0.25) is 0 Å². The van der Waals surface area contributed by atoms with Crippen molar-refractivity contribution in [3.8, 4) is 0 Å². The molecule has 0 bridgehead atoms. The van der Waals surface area contributed by atoms with E-state index in [0.717, 1.165) is 38.3 Å². The fraction of sp³-hybridized carbons (Fsp3) is 0.500. The standard InChI is InChI=1S/C12H15ClFNO/c13-11-7-10(1-2-12(11)14)15-8-9-3-5-16-6-4-9/h1-2,7,9,15H,3-6,8H2. The van der Waals surface area contributed by atoms with E-state index in [9.17, 15) is 4.39 Å². The van der Waals surface area contributed by atoms with E-state index in [1.165, 1.54) is 6.07 Å². The molecule has 0 aliphatic carbocycles. The first-order chi connectivity index (χ1) is 7.75. The van der Waals surface area contributed by atoms with Crippen LogP contribution in [0.5, 0.6) is 0 Å². The summed E-state index contributed by atoms with van der Waals surface area (Å²) in [6, 6.07) is 4.71. The minimum Gasteiger partial charge on any atom is -0.385 e. The Balaban J connectivity index is 1.86. The van der Waals surface area contributed by atoms with Crippen LogP contribution in [0.25, 0.3) is 0 Å². The molecule has 1 aliphatic heterocycles. The lowest BCUT2D eigenvalue weighted by Crippen LogP contribution is -2.22. The molecule has 4 heteroatoms. The van der Waals surface area contributed by atoms with E-state index in [1.807, 2.05) is 0 Å². The van der Waals surface area contributed by atoms with Gasteiger partial charge in [0.05, 0.1) is 5.02 Å². The van der Waals surface area contributed by atoms with Gasteiger partial charge >= 0.3 is 0 Å². The molecule has 0 radical (unpaired) electrons. The molecule has 0 aromatic heterocycles. The molecule has 1 N–H and O–H groups in total. The molecule has 2 rings (SSSR count). The van der Waals surface area contributed by atoms with E-state index in [2.05, 4.69) is 5.32 Å². The normalized spacial score (nSPS) is 17.4. The van der Waals surface area contributed by atoms with Gasteiger partial charge in [-0.2, -0.15) is 0 Å². The van der Waals surface area contributed by atoms with Gasteiger partial charge in [0.1, 0.15) is 5.82 Å². The van der Waals surface area contributed by atoms with Crippen molar-refractivity contribution in [3.05, 3.63) is 29.0 Å². The summed E-state index contributed by atoms with van der Waals surface area (Å²) >= 11 is 5.70. The quantitative estimate of drug-likeness (QED) is 0.880. The smallest absolute Gasteiger partial charge is 0.141 e. The lowest BCUT2D eigenvalue weighted by atomic mass is 10.0. The second-order valence-corrected chi connectivity index (χ2v) is 4.47. The molecule has 0 atom stereocenters. The molecule has 0 amide bonds. The van der Waals surface area contributed by atoms with Crippen LogP contribution in [0.3, 0.4) is 0 Å². The van der Waals surface area contributed by atoms with Gasteiger partial charge in [-0.1, -0.05) is 11.6 Å². The largest absolute Gasteiger partial charge is 0.385 e. The maximum atomic E-state index is 12.9. The average Bonchev–Trinajstić information content (AvgIpc) is 2.32. The molecule has 0 spiro atoms. The number of anilines is 1. The molecule has 1 heterocycles. The first-order valence-corrected chi connectivity index (χ1v) is 5.90. The minimum atomic E-state index is -0.377. The number of benzene rings is 1. The summed E-state index contributed by atoms with van der Waals surface area (Å²) in [7, 11) is 0. The fourth-order valence-electron chi connectivity index (χ4n) is 1.82. The molecule has 1 aromatic carbocycles. The average molecular weight is 244 g/mol. The van der Waals surface area contributed by atoms with Crippen LogP contribution in [0.4, 0.5) is 10.1 Å². The number of ether oxygens (including phenoxy) is 1. The van der Waals surface area contributed by atoms with E-state index in [-0.39, 0.29) is 10.8 Å². The lowest BCUT2D eigenvalue weighted by molar-refractivity contribution is 0.0699. The molecule has 0 unspecified atom stereocenters. The van der Waals surface area contributed by atoms with Gasteiger partial charge < -0.3 is 10.1 Å². The monoisotopic (exact) mass is 243 g/mol. The number of rotatable bonds is 3. The highest BCUT2D eigenvalue weighted by molar-refractivity contribution is 6.31. The zero-order valence-electron chi connectivity index (χ0n) is 9.01. The predicted molar refractivity (Wildman–Crippen MR) is 63.4 cm³/mol. The molecule has 1 saturated heterocycles. The van der Waals surface area contributed by atoms with Gasteiger partial charge in [0.15, 0.2) is 0 Å². The Morgan fingerprint density at radius 3 is 2.81 bits per heavy atom. The Kier molecular flexibility index (Phi) is 4.02. The Morgan fingerprint density at radius 2 is 2.12 bits per heavy atom. The second-order valence-electron chi connectivity index (χ2n) is 4.07. The summed E-state index contributed by atoms with van der Waals surface area (Å²) in [6.45, 7) is 2.58. The van der Waals surface area contributed by atoms with Gasteiger partial charge in [-0.15, -0.1) is 0 Å². The molecular formula is C12H15ClFNO. The molecular weight excluding hydrogens is 229 g/mol. The third kappa shape index (κ3) is 3.09.